The van der Waals surface area contributed by atoms with Crippen LogP contribution in [0.2, 0.25) is 0 Å². The molecule has 204 valence electrons. The fraction of sp³-hybridized carbons (Fsp3) is 0.241. The van der Waals surface area contributed by atoms with E-state index in [4.69, 9.17) is 19.6 Å². The van der Waals surface area contributed by atoms with Crippen molar-refractivity contribution in [2.24, 2.45) is 0 Å². The van der Waals surface area contributed by atoms with Gasteiger partial charge >= 0.3 is 12.1 Å². The van der Waals surface area contributed by atoms with E-state index in [2.05, 4.69) is 0 Å². The van der Waals surface area contributed by atoms with Gasteiger partial charge in [-0.15, -0.1) is 23.1 Å². The second kappa shape index (κ2) is 12.1. The molecular formula is C29H26F3NO4S2. The van der Waals surface area contributed by atoms with Crippen molar-refractivity contribution in [3.63, 3.8) is 0 Å². The molecule has 0 saturated carbocycles. The van der Waals surface area contributed by atoms with Crippen LogP contribution in [-0.2, 0) is 17.4 Å². The monoisotopic (exact) mass is 573 g/mol. The van der Waals surface area contributed by atoms with Crippen molar-refractivity contribution in [2.75, 3.05) is 13.7 Å². The Morgan fingerprint density at radius 1 is 1.08 bits per heavy atom. The molecule has 4 rings (SSSR count). The summed E-state index contributed by atoms with van der Waals surface area (Å²) >= 11 is 3.10. The molecule has 0 aliphatic rings. The summed E-state index contributed by atoms with van der Waals surface area (Å²) in [7, 11) is 1.62. The molecule has 1 atom stereocenters. The van der Waals surface area contributed by atoms with E-state index < -0.39 is 24.3 Å². The zero-order chi connectivity index (χ0) is 28.2. The number of nitrogens with zero attached hydrogens (tertiary/aromatic N) is 1. The van der Waals surface area contributed by atoms with E-state index in [0.29, 0.717) is 22.7 Å². The van der Waals surface area contributed by atoms with E-state index in [-0.39, 0.29) is 5.25 Å². The molecule has 5 nitrogen and oxygen atoms in total. The highest BCUT2D eigenvalue weighted by molar-refractivity contribution is 7.99. The van der Waals surface area contributed by atoms with E-state index in [0.717, 1.165) is 44.5 Å². The molecule has 1 heterocycles. The van der Waals surface area contributed by atoms with E-state index in [1.165, 1.54) is 23.5 Å². The van der Waals surface area contributed by atoms with Crippen LogP contribution in [0.3, 0.4) is 0 Å². The van der Waals surface area contributed by atoms with Gasteiger partial charge in [-0.25, -0.2) is 9.78 Å². The molecule has 0 aliphatic heterocycles. The topological polar surface area (TPSA) is 68.7 Å². The van der Waals surface area contributed by atoms with Crippen molar-refractivity contribution >= 4 is 29.1 Å². The number of hydrogen-bond donors (Lipinski definition) is 1. The first kappa shape index (κ1) is 28.5. The SMILES string of the molecule is COc1cccc(CC(Sc2ccc(OCC(=O)O)c(C)c2)c2sc(-c3ccc(C(F)(F)F)cc3)nc2C)c1. The van der Waals surface area contributed by atoms with Gasteiger partial charge in [-0.1, -0.05) is 24.3 Å². The van der Waals surface area contributed by atoms with E-state index in [1.807, 2.05) is 50.2 Å². The number of carbonyl (C=O) groups is 1. The average molecular weight is 574 g/mol. The van der Waals surface area contributed by atoms with Crippen LogP contribution >= 0.6 is 23.1 Å². The first-order valence-corrected chi connectivity index (χ1v) is 13.6. The third-order valence-electron chi connectivity index (χ3n) is 5.92. The normalized spacial score (nSPS) is 12.3. The number of hydrogen-bond acceptors (Lipinski definition) is 6. The maximum absolute atomic E-state index is 13.0. The molecule has 4 aromatic rings. The lowest BCUT2D eigenvalue weighted by Crippen LogP contribution is -2.10. The Labute approximate surface area is 232 Å². The highest BCUT2D eigenvalue weighted by atomic mass is 32.2. The smallest absolute Gasteiger partial charge is 0.416 e. The summed E-state index contributed by atoms with van der Waals surface area (Å²) in [5.41, 5.74) is 2.62. The largest absolute Gasteiger partial charge is 0.497 e. The Morgan fingerprint density at radius 2 is 1.82 bits per heavy atom. The Kier molecular flexibility index (Phi) is 8.87. The quantitative estimate of drug-likeness (QED) is 0.194. The number of thioether (sulfide) groups is 1. The summed E-state index contributed by atoms with van der Waals surface area (Å²) in [6, 6.07) is 18.5. The second-order valence-corrected chi connectivity index (χ2v) is 11.1. The summed E-state index contributed by atoms with van der Waals surface area (Å²) in [6.45, 7) is 3.35. The van der Waals surface area contributed by atoms with Crippen molar-refractivity contribution in [2.45, 2.75) is 36.6 Å². The summed E-state index contributed by atoms with van der Waals surface area (Å²) in [5.74, 6) is 0.207. The minimum Gasteiger partial charge on any atom is -0.497 e. The average Bonchev–Trinajstić information content (AvgIpc) is 3.29. The molecule has 0 radical (unpaired) electrons. The molecule has 0 bridgehead atoms. The van der Waals surface area contributed by atoms with Crippen LogP contribution in [-0.4, -0.2) is 29.8 Å². The standard InChI is InChI=1S/C29H26F3NO4S2/c1-17-13-23(11-12-24(17)37-16-26(34)35)38-25(15-19-5-4-6-22(14-19)36-3)27-18(2)33-28(39-27)20-7-9-21(10-8-20)29(30,31)32/h4-14,25H,15-16H2,1-3H3,(H,34,35). The van der Waals surface area contributed by atoms with Crippen LogP contribution in [0.15, 0.2) is 71.6 Å². The zero-order valence-electron chi connectivity index (χ0n) is 21.4. The van der Waals surface area contributed by atoms with Crippen LogP contribution in [0.25, 0.3) is 10.6 Å². The number of thiazole rings is 1. The van der Waals surface area contributed by atoms with Crippen molar-refractivity contribution < 1.29 is 32.5 Å². The maximum Gasteiger partial charge on any atom is 0.416 e. The lowest BCUT2D eigenvalue weighted by molar-refractivity contribution is -0.139. The third-order valence-corrected chi connectivity index (χ3v) is 8.60. The summed E-state index contributed by atoms with van der Waals surface area (Å²) in [4.78, 5) is 17.6. The molecule has 39 heavy (non-hydrogen) atoms. The minimum atomic E-state index is -4.40. The number of carboxylic acid groups (broad SMARTS) is 1. The Hall–Kier alpha value is -3.50. The van der Waals surface area contributed by atoms with Gasteiger partial charge in [0.1, 0.15) is 16.5 Å². The Morgan fingerprint density at radius 3 is 2.46 bits per heavy atom. The van der Waals surface area contributed by atoms with Gasteiger partial charge in [0.2, 0.25) is 0 Å². The molecule has 1 unspecified atom stereocenters. The molecular weight excluding hydrogens is 547 g/mol. The van der Waals surface area contributed by atoms with Crippen LogP contribution in [0.1, 0.15) is 32.5 Å². The van der Waals surface area contributed by atoms with Gasteiger partial charge in [0.05, 0.1) is 18.4 Å². The van der Waals surface area contributed by atoms with E-state index in [1.54, 1.807) is 24.9 Å². The van der Waals surface area contributed by atoms with Gasteiger partial charge in [-0.2, -0.15) is 13.2 Å². The summed E-state index contributed by atoms with van der Waals surface area (Å²) < 4.78 is 49.9. The Balaban J connectivity index is 1.66. The van der Waals surface area contributed by atoms with Crippen LogP contribution in [0, 0.1) is 13.8 Å². The van der Waals surface area contributed by atoms with Crippen LogP contribution in [0.4, 0.5) is 13.2 Å². The number of halogens is 3. The summed E-state index contributed by atoms with van der Waals surface area (Å²) in [5, 5.41) is 9.51. The number of rotatable bonds is 10. The minimum absolute atomic E-state index is 0.0528. The molecule has 3 aromatic carbocycles. The summed E-state index contributed by atoms with van der Waals surface area (Å²) in [6.07, 6.45) is -3.74. The van der Waals surface area contributed by atoms with Crippen LogP contribution < -0.4 is 9.47 Å². The van der Waals surface area contributed by atoms with Gasteiger partial charge < -0.3 is 14.6 Å². The first-order chi connectivity index (χ1) is 18.5. The van der Waals surface area contributed by atoms with E-state index in [9.17, 15) is 18.0 Å². The lowest BCUT2D eigenvalue weighted by atomic mass is 10.1. The number of aromatic nitrogens is 1. The highest BCUT2D eigenvalue weighted by Crippen LogP contribution is 2.44. The third kappa shape index (κ3) is 7.33. The maximum atomic E-state index is 13.0. The molecule has 0 amide bonds. The van der Waals surface area contributed by atoms with Gasteiger partial charge in [0, 0.05) is 20.6 Å². The van der Waals surface area contributed by atoms with Gasteiger partial charge in [-0.05, 0) is 73.9 Å². The fourth-order valence-electron chi connectivity index (χ4n) is 3.99. The predicted octanol–water partition coefficient (Wildman–Crippen LogP) is 7.99. The molecule has 0 saturated heterocycles. The number of ether oxygens (including phenoxy) is 2. The number of aliphatic carboxylic acids is 1. The number of methoxy groups -OCH3 is 1. The molecule has 0 fully saturated rings. The van der Waals surface area contributed by atoms with Crippen molar-refractivity contribution in [3.8, 4) is 22.1 Å². The second-order valence-electron chi connectivity index (χ2n) is 8.82. The first-order valence-electron chi connectivity index (χ1n) is 11.9. The Bertz CT molecular complexity index is 1450. The fourth-order valence-corrected chi connectivity index (χ4v) is 6.61. The zero-order valence-corrected chi connectivity index (χ0v) is 23.0. The van der Waals surface area contributed by atoms with Crippen LogP contribution in [0.5, 0.6) is 11.5 Å². The number of carboxylic acids is 1. The molecule has 0 aliphatic carbocycles. The van der Waals surface area contributed by atoms with Gasteiger partial charge in [0.15, 0.2) is 6.61 Å². The number of benzene rings is 3. The highest BCUT2D eigenvalue weighted by Gasteiger charge is 2.30. The molecule has 10 heteroatoms. The predicted molar refractivity (Wildman–Crippen MR) is 147 cm³/mol. The van der Waals surface area contributed by atoms with Gasteiger partial charge in [-0.3, -0.25) is 0 Å². The number of alkyl halides is 3. The van der Waals surface area contributed by atoms with Crippen molar-refractivity contribution in [1.82, 2.24) is 4.98 Å². The van der Waals surface area contributed by atoms with Crippen molar-refractivity contribution in [3.05, 3.63) is 94.0 Å². The van der Waals surface area contributed by atoms with Crippen molar-refractivity contribution in [1.29, 1.82) is 0 Å². The van der Waals surface area contributed by atoms with Gasteiger partial charge in [0.25, 0.3) is 0 Å². The number of aryl methyl sites for hydroxylation is 2. The lowest BCUT2D eigenvalue weighted by Gasteiger charge is -2.18. The van der Waals surface area contributed by atoms with E-state index >= 15 is 0 Å². The molecule has 1 N–H and O–H groups in total. The molecule has 0 spiro atoms. The molecule has 1 aromatic heterocycles.